The van der Waals surface area contributed by atoms with Crippen LogP contribution in [-0.4, -0.2) is 15.0 Å². The number of rotatable bonds is 2. The zero-order valence-corrected chi connectivity index (χ0v) is 11.6. The molecule has 3 rings (SSSR count). The van der Waals surface area contributed by atoms with Crippen molar-refractivity contribution < 1.29 is 0 Å². The average Bonchev–Trinajstić information content (AvgIpc) is 2.89. The highest BCUT2D eigenvalue weighted by Crippen LogP contribution is 2.34. The van der Waals surface area contributed by atoms with E-state index < -0.39 is 0 Å². The van der Waals surface area contributed by atoms with Gasteiger partial charge in [-0.1, -0.05) is 6.07 Å². The van der Waals surface area contributed by atoms with E-state index in [-0.39, 0.29) is 5.69 Å². The van der Waals surface area contributed by atoms with E-state index in [2.05, 4.69) is 30.9 Å². The maximum absolute atomic E-state index is 11.2. The highest BCUT2D eigenvalue weighted by molar-refractivity contribution is 9.10. The molecular formula is C11H9BrN4OS. The van der Waals surface area contributed by atoms with Crippen LogP contribution in [-0.2, 0) is 6.54 Å². The standard InChI is InChI=1S/C11H9BrN4OS/c12-10-9(18-8(4-13)16-10)5-1-2-6-7(3-5)15-11(17)14-6/h1-3H,4,13H2,(H2,14,15,17). The summed E-state index contributed by atoms with van der Waals surface area (Å²) in [5.41, 5.74) is 7.96. The Kier molecular flexibility index (Phi) is 2.81. The monoisotopic (exact) mass is 324 g/mol. The molecule has 7 heteroatoms. The Morgan fingerprint density at radius 1 is 1.33 bits per heavy atom. The van der Waals surface area contributed by atoms with Gasteiger partial charge in [0.2, 0.25) is 0 Å². The second-order valence-electron chi connectivity index (χ2n) is 3.77. The van der Waals surface area contributed by atoms with Crippen molar-refractivity contribution in [2.24, 2.45) is 5.73 Å². The quantitative estimate of drug-likeness (QED) is 0.675. The first kappa shape index (κ1) is 11.6. The molecule has 0 radical (unpaired) electrons. The third-order valence-corrected chi connectivity index (χ3v) is 4.55. The molecule has 0 atom stereocenters. The van der Waals surface area contributed by atoms with Crippen LogP contribution < -0.4 is 11.4 Å². The number of benzene rings is 1. The average molecular weight is 325 g/mol. The maximum atomic E-state index is 11.2. The van der Waals surface area contributed by atoms with E-state index in [1.165, 1.54) is 0 Å². The molecule has 0 fully saturated rings. The molecule has 0 aliphatic rings. The molecule has 0 bridgehead atoms. The molecule has 2 heterocycles. The fraction of sp³-hybridized carbons (Fsp3) is 0.0909. The summed E-state index contributed by atoms with van der Waals surface area (Å²) in [6.45, 7) is 0.423. The van der Waals surface area contributed by atoms with Gasteiger partial charge in [0.05, 0.1) is 15.9 Å². The summed E-state index contributed by atoms with van der Waals surface area (Å²) >= 11 is 4.97. The van der Waals surface area contributed by atoms with Gasteiger partial charge in [-0.25, -0.2) is 9.78 Å². The van der Waals surface area contributed by atoms with Crippen molar-refractivity contribution in [3.8, 4) is 10.4 Å². The van der Waals surface area contributed by atoms with Crippen LogP contribution >= 0.6 is 27.3 Å². The van der Waals surface area contributed by atoms with Gasteiger partial charge < -0.3 is 15.7 Å². The van der Waals surface area contributed by atoms with Gasteiger partial charge in [0.15, 0.2) is 0 Å². The minimum Gasteiger partial charge on any atom is -0.325 e. The number of halogens is 1. The molecule has 0 unspecified atom stereocenters. The van der Waals surface area contributed by atoms with Crippen molar-refractivity contribution in [2.45, 2.75) is 6.54 Å². The number of fused-ring (bicyclic) bond motifs is 1. The van der Waals surface area contributed by atoms with E-state index in [0.29, 0.717) is 6.54 Å². The largest absolute Gasteiger partial charge is 0.325 e. The van der Waals surface area contributed by atoms with Crippen LogP contribution in [0.15, 0.2) is 27.6 Å². The van der Waals surface area contributed by atoms with Crippen molar-refractivity contribution in [2.75, 3.05) is 0 Å². The lowest BCUT2D eigenvalue weighted by molar-refractivity contribution is 1.03. The predicted octanol–water partition coefficient (Wildman–Crippen LogP) is 2.20. The highest BCUT2D eigenvalue weighted by Gasteiger charge is 2.11. The number of nitrogens with two attached hydrogens (primary N) is 1. The van der Waals surface area contributed by atoms with E-state index in [1.807, 2.05) is 18.2 Å². The number of thiazole rings is 1. The lowest BCUT2D eigenvalue weighted by Gasteiger charge is -1.97. The molecule has 0 saturated carbocycles. The minimum absolute atomic E-state index is 0.201. The van der Waals surface area contributed by atoms with Gasteiger partial charge in [-0.15, -0.1) is 11.3 Å². The summed E-state index contributed by atoms with van der Waals surface area (Å²) < 4.78 is 0.783. The Hall–Kier alpha value is -1.44. The lowest BCUT2D eigenvalue weighted by atomic mass is 10.2. The SMILES string of the molecule is NCc1nc(Br)c(-c2ccc3[nH]c(=O)[nH]c3c2)s1. The summed E-state index contributed by atoms with van der Waals surface area (Å²) in [5, 5.41) is 0.875. The second-order valence-corrected chi connectivity index (χ2v) is 5.61. The van der Waals surface area contributed by atoms with Crippen LogP contribution in [0.3, 0.4) is 0 Å². The first-order valence-electron chi connectivity index (χ1n) is 5.25. The van der Waals surface area contributed by atoms with Crippen LogP contribution in [0.1, 0.15) is 5.01 Å². The molecule has 4 N–H and O–H groups in total. The smallest absolute Gasteiger partial charge is 0.323 e. The zero-order valence-electron chi connectivity index (χ0n) is 9.16. The third kappa shape index (κ3) is 1.90. The summed E-state index contributed by atoms with van der Waals surface area (Å²) in [5.74, 6) is 0. The number of hydrogen-bond donors (Lipinski definition) is 3. The highest BCUT2D eigenvalue weighted by atomic mass is 79.9. The van der Waals surface area contributed by atoms with Crippen LogP contribution in [0.5, 0.6) is 0 Å². The number of aromatic nitrogens is 3. The van der Waals surface area contributed by atoms with Crippen molar-refractivity contribution in [1.29, 1.82) is 0 Å². The zero-order chi connectivity index (χ0) is 12.7. The fourth-order valence-electron chi connectivity index (χ4n) is 1.78. The number of H-pyrrole nitrogens is 2. The number of hydrogen-bond acceptors (Lipinski definition) is 4. The fourth-order valence-corrected chi connectivity index (χ4v) is 3.42. The van der Waals surface area contributed by atoms with E-state index in [0.717, 1.165) is 31.1 Å². The minimum atomic E-state index is -0.201. The van der Waals surface area contributed by atoms with E-state index in [1.54, 1.807) is 11.3 Å². The topological polar surface area (TPSA) is 87.6 Å². The first-order chi connectivity index (χ1) is 8.67. The maximum Gasteiger partial charge on any atom is 0.323 e. The van der Waals surface area contributed by atoms with E-state index in [4.69, 9.17) is 5.73 Å². The number of aromatic amines is 2. The molecule has 18 heavy (non-hydrogen) atoms. The molecular weight excluding hydrogens is 316 g/mol. The van der Waals surface area contributed by atoms with E-state index >= 15 is 0 Å². The van der Waals surface area contributed by atoms with Gasteiger partial charge in [0, 0.05) is 6.54 Å². The lowest BCUT2D eigenvalue weighted by Crippen LogP contribution is -1.99. The second kappa shape index (κ2) is 4.34. The molecule has 5 nitrogen and oxygen atoms in total. The Balaban J connectivity index is 2.18. The van der Waals surface area contributed by atoms with Crippen LogP contribution in [0.25, 0.3) is 21.5 Å². The van der Waals surface area contributed by atoms with E-state index in [9.17, 15) is 4.79 Å². The van der Waals surface area contributed by atoms with Gasteiger partial charge in [-0.05, 0) is 33.6 Å². The molecule has 2 aromatic heterocycles. The molecule has 1 aromatic carbocycles. The Bertz CT molecular complexity index is 773. The molecule has 0 amide bonds. The third-order valence-electron chi connectivity index (χ3n) is 2.58. The van der Waals surface area contributed by atoms with Crippen LogP contribution in [0.4, 0.5) is 0 Å². The molecule has 92 valence electrons. The Labute approximate surface area is 114 Å². The van der Waals surface area contributed by atoms with Crippen molar-refractivity contribution in [3.05, 3.63) is 38.3 Å². The summed E-state index contributed by atoms with van der Waals surface area (Å²) in [6, 6.07) is 5.74. The molecule has 0 saturated heterocycles. The van der Waals surface area contributed by atoms with Gasteiger partial charge in [0.1, 0.15) is 9.61 Å². The summed E-state index contributed by atoms with van der Waals surface area (Å²) in [6.07, 6.45) is 0. The van der Waals surface area contributed by atoms with Gasteiger partial charge in [-0.3, -0.25) is 0 Å². The van der Waals surface area contributed by atoms with Crippen molar-refractivity contribution in [3.63, 3.8) is 0 Å². The van der Waals surface area contributed by atoms with Crippen LogP contribution in [0, 0.1) is 0 Å². The number of nitrogens with one attached hydrogen (secondary N) is 2. The van der Waals surface area contributed by atoms with Crippen molar-refractivity contribution >= 4 is 38.3 Å². The molecule has 3 aromatic rings. The molecule has 0 spiro atoms. The van der Waals surface area contributed by atoms with Crippen LogP contribution in [0.2, 0.25) is 0 Å². The van der Waals surface area contributed by atoms with Gasteiger partial charge >= 0.3 is 5.69 Å². The summed E-state index contributed by atoms with van der Waals surface area (Å²) in [7, 11) is 0. The Morgan fingerprint density at radius 2 is 2.11 bits per heavy atom. The molecule has 0 aliphatic carbocycles. The van der Waals surface area contributed by atoms with Gasteiger partial charge in [-0.2, -0.15) is 0 Å². The Morgan fingerprint density at radius 3 is 2.83 bits per heavy atom. The number of nitrogens with zero attached hydrogens (tertiary/aromatic N) is 1. The van der Waals surface area contributed by atoms with Gasteiger partial charge in [0.25, 0.3) is 0 Å². The predicted molar refractivity (Wildman–Crippen MR) is 75.6 cm³/mol. The molecule has 0 aliphatic heterocycles. The normalized spacial score (nSPS) is 11.2. The summed E-state index contributed by atoms with van der Waals surface area (Å²) in [4.78, 5) is 22.0. The van der Waals surface area contributed by atoms with Crippen molar-refractivity contribution in [1.82, 2.24) is 15.0 Å². The number of imidazole rings is 1. The first-order valence-corrected chi connectivity index (χ1v) is 6.86.